The number of rotatable bonds is 0. The summed E-state index contributed by atoms with van der Waals surface area (Å²) in [5.74, 6) is 0. The smallest absolute Gasteiger partial charge is 0.126 e. The van der Waals surface area contributed by atoms with Crippen LogP contribution in [0.2, 0.25) is 0 Å². The molecule has 0 saturated heterocycles. The zero-order valence-electron chi connectivity index (χ0n) is 6.22. The second kappa shape index (κ2) is 3.91. The first-order valence-electron chi connectivity index (χ1n) is 4.13. The maximum Gasteiger partial charge on any atom is 0.126 e. The summed E-state index contributed by atoms with van der Waals surface area (Å²) in [6.45, 7) is 0. The molecule has 1 saturated carbocycles. The van der Waals surface area contributed by atoms with E-state index in [0.717, 1.165) is 25.7 Å². The number of aliphatic hydroxyl groups excluding tert-OH is 1. The second-order valence-electron chi connectivity index (χ2n) is 3.07. The molecule has 0 aromatic heterocycles. The Hall–Kier alpha value is -0.110. The van der Waals surface area contributed by atoms with Crippen molar-refractivity contribution in [2.75, 3.05) is 0 Å². The van der Waals surface area contributed by atoms with Gasteiger partial charge in [-0.1, -0.05) is 25.7 Å². The van der Waals surface area contributed by atoms with E-state index in [4.69, 9.17) is 5.11 Å². The number of hydrogen-bond acceptors (Lipinski definition) is 1. The van der Waals surface area contributed by atoms with Crippen molar-refractivity contribution in [1.82, 2.24) is 0 Å². The molecule has 0 aliphatic heterocycles. The Morgan fingerprint density at radius 2 is 1.60 bits per heavy atom. The highest BCUT2D eigenvalue weighted by atomic mass is 19.1. The second-order valence-corrected chi connectivity index (χ2v) is 3.07. The molecule has 0 unspecified atom stereocenters. The third-order valence-corrected chi connectivity index (χ3v) is 2.15. The van der Waals surface area contributed by atoms with Crippen LogP contribution in [0.3, 0.4) is 0 Å². The lowest BCUT2D eigenvalue weighted by atomic mass is 9.97. The van der Waals surface area contributed by atoms with Crippen molar-refractivity contribution in [2.24, 2.45) is 0 Å². The first kappa shape index (κ1) is 7.99. The van der Waals surface area contributed by atoms with Crippen molar-refractivity contribution < 1.29 is 9.50 Å². The minimum absolute atomic E-state index is 0.557. The summed E-state index contributed by atoms with van der Waals surface area (Å²) in [5.41, 5.74) is 0. The van der Waals surface area contributed by atoms with Gasteiger partial charge in [-0.3, -0.25) is 0 Å². The Morgan fingerprint density at radius 3 is 2.30 bits per heavy atom. The van der Waals surface area contributed by atoms with Crippen LogP contribution in [0.5, 0.6) is 0 Å². The normalized spacial score (nSPS) is 36.6. The lowest BCUT2D eigenvalue weighted by Gasteiger charge is -2.18. The van der Waals surface area contributed by atoms with E-state index >= 15 is 0 Å². The van der Waals surface area contributed by atoms with Crippen molar-refractivity contribution in [1.29, 1.82) is 0 Å². The number of hydrogen-bond donors (Lipinski definition) is 1. The summed E-state index contributed by atoms with van der Waals surface area (Å²) in [7, 11) is 0. The topological polar surface area (TPSA) is 20.2 Å². The molecule has 0 amide bonds. The SMILES string of the molecule is O[C@H]1CCCCCC[C@@H]1F. The van der Waals surface area contributed by atoms with Crippen LogP contribution in [0.4, 0.5) is 4.39 Å². The standard InChI is InChI=1S/C8H15FO/c9-7-5-3-1-2-4-6-8(7)10/h7-8,10H,1-6H2/t7-,8-/m0/s1. The van der Waals surface area contributed by atoms with Crippen LogP contribution in [0.15, 0.2) is 0 Å². The fourth-order valence-electron chi connectivity index (χ4n) is 1.42. The summed E-state index contributed by atoms with van der Waals surface area (Å²) in [6.07, 6.45) is 3.79. The summed E-state index contributed by atoms with van der Waals surface area (Å²) in [5, 5.41) is 9.11. The van der Waals surface area contributed by atoms with Gasteiger partial charge >= 0.3 is 0 Å². The van der Waals surface area contributed by atoms with Gasteiger partial charge in [-0.15, -0.1) is 0 Å². The molecule has 0 spiro atoms. The largest absolute Gasteiger partial charge is 0.390 e. The molecule has 10 heavy (non-hydrogen) atoms. The maximum absolute atomic E-state index is 12.8. The number of aliphatic hydroxyl groups is 1. The molecule has 1 nitrogen and oxygen atoms in total. The quantitative estimate of drug-likeness (QED) is 0.554. The lowest BCUT2D eigenvalue weighted by molar-refractivity contribution is 0.0570. The molecule has 1 fully saturated rings. The fourth-order valence-corrected chi connectivity index (χ4v) is 1.42. The van der Waals surface area contributed by atoms with Gasteiger partial charge in [-0.05, 0) is 12.8 Å². The van der Waals surface area contributed by atoms with E-state index in [-0.39, 0.29) is 0 Å². The van der Waals surface area contributed by atoms with Gasteiger partial charge in [-0.2, -0.15) is 0 Å². The van der Waals surface area contributed by atoms with Crippen LogP contribution < -0.4 is 0 Å². The summed E-state index contributed by atoms with van der Waals surface area (Å²) in [6, 6.07) is 0. The zero-order chi connectivity index (χ0) is 7.40. The van der Waals surface area contributed by atoms with Gasteiger partial charge in [0.05, 0.1) is 6.10 Å². The fraction of sp³-hybridized carbons (Fsp3) is 1.00. The molecule has 0 heterocycles. The van der Waals surface area contributed by atoms with Gasteiger partial charge in [0, 0.05) is 0 Å². The monoisotopic (exact) mass is 146 g/mol. The van der Waals surface area contributed by atoms with Gasteiger partial charge in [0.15, 0.2) is 0 Å². The summed E-state index contributed by atoms with van der Waals surface area (Å²) >= 11 is 0. The maximum atomic E-state index is 12.8. The van der Waals surface area contributed by atoms with Gasteiger partial charge in [0.1, 0.15) is 6.17 Å². The van der Waals surface area contributed by atoms with E-state index in [1.807, 2.05) is 0 Å². The lowest BCUT2D eigenvalue weighted by Crippen LogP contribution is -2.22. The van der Waals surface area contributed by atoms with Gasteiger partial charge in [0.25, 0.3) is 0 Å². The highest BCUT2D eigenvalue weighted by Gasteiger charge is 2.18. The average Bonchev–Trinajstić information content (AvgIpc) is 1.92. The Kier molecular flexibility index (Phi) is 3.13. The average molecular weight is 146 g/mol. The van der Waals surface area contributed by atoms with Crippen LogP contribution >= 0.6 is 0 Å². The third kappa shape index (κ3) is 2.25. The molecule has 1 aliphatic rings. The predicted molar refractivity (Wildman–Crippen MR) is 38.6 cm³/mol. The molecular weight excluding hydrogens is 131 g/mol. The van der Waals surface area contributed by atoms with Crippen molar-refractivity contribution in [3.8, 4) is 0 Å². The molecule has 1 N–H and O–H groups in total. The third-order valence-electron chi connectivity index (χ3n) is 2.15. The summed E-state index contributed by atoms with van der Waals surface area (Å²) < 4.78 is 12.8. The summed E-state index contributed by atoms with van der Waals surface area (Å²) in [4.78, 5) is 0. The molecule has 0 aromatic rings. The first-order valence-corrected chi connectivity index (χ1v) is 4.13. The van der Waals surface area contributed by atoms with Crippen LogP contribution in [0.25, 0.3) is 0 Å². The van der Waals surface area contributed by atoms with E-state index < -0.39 is 12.3 Å². The van der Waals surface area contributed by atoms with Crippen LogP contribution in [0.1, 0.15) is 38.5 Å². The highest BCUT2D eigenvalue weighted by Crippen LogP contribution is 2.19. The zero-order valence-corrected chi connectivity index (χ0v) is 6.22. The van der Waals surface area contributed by atoms with E-state index in [9.17, 15) is 4.39 Å². The van der Waals surface area contributed by atoms with Crippen LogP contribution in [0, 0.1) is 0 Å². The molecule has 0 aromatic carbocycles. The van der Waals surface area contributed by atoms with E-state index in [1.165, 1.54) is 0 Å². The number of alkyl halides is 1. The van der Waals surface area contributed by atoms with Crippen LogP contribution in [-0.4, -0.2) is 17.4 Å². The minimum atomic E-state index is -0.958. The first-order chi connectivity index (χ1) is 4.80. The van der Waals surface area contributed by atoms with Crippen LogP contribution in [-0.2, 0) is 0 Å². The molecule has 60 valence electrons. The van der Waals surface area contributed by atoms with Gasteiger partial charge in [-0.25, -0.2) is 4.39 Å². The van der Waals surface area contributed by atoms with Crippen molar-refractivity contribution >= 4 is 0 Å². The highest BCUT2D eigenvalue weighted by molar-refractivity contribution is 4.70. The molecule has 1 aliphatic carbocycles. The van der Waals surface area contributed by atoms with Crippen molar-refractivity contribution in [3.05, 3.63) is 0 Å². The van der Waals surface area contributed by atoms with Crippen molar-refractivity contribution in [3.63, 3.8) is 0 Å². The predicted octanol–water partition coefficient (Wildman–Crippen LogP) is 2.04. The number of halogens is 1. The van der Waals surface area contributed by atoms with E-state index in [2.05, 4.69) is 0 Å². The van der Waals surface area contributed by atoms with Gasteiger partial charge < -0.3 is 5.11 Å². The van der Waals surface area contributed by atoms with Crippen molar-refractivity contribution in [2.45, 2.75) is 50.8 Å². The molecule has 2 heteroatoms. The molecular formula is C8H15FO. The van der Waals surface area contributed by atoms with E-state index in [1.54, 1.807) is 0 Å². The Balaban J connectivity index is 2.28. The molecule has 0 radical (unpaired) electrons. The Labute approximate surface area is 61.2 Å². The molecule has 1 rings (SSSR count). The van der Waals surface area contributed by atoms with E-state index in [0.29, 0.717) is 12.8 Å². The Morgan fingerprint density at radius 1 is 1.00 bits per heavy atom. The molecule has 0 bridgehead atoms. The van der Waals surface area contributed by atoms with Gasteiger partial charge in [0.2, 0.25) is 0 Å². The Bertz CT molecular complexity index is 83.3. The molecule has 2 atom stereocenters. The minimum Gasteiger partial charge on any atom is -0.390 e.